The number of ether oxygens (including phenoxy) is 2. The number of fused-ring (bicyclic) bond motifs is 1. The van der Waals surface area contributed by atoms with Crippen LogP contribution in [-0.2, 0) is 14.3 Å². The number of hydrogen-bond donors (Lipinski definition) is 0. The average molecular weight is 308 g/mol. The molecule has 0 aromatic heterocycles. The maximum Gasteiger partial charge on any atom is 0.337 e. The van der Waals surface area contributed by atoms with Gasteiger partial charge in [-0.3, -0.25) is 0 Å². The molecule has 0 N–H and O–H groups in total. The first kappa shape index (κ1) is 15.3. The zero-order valence-corrected chi connectivity index (χ0v) is 13.5. The van der Waals surface area contributed by atoms with Crippen molar-refractivity contribution in [2.45, 2.75) is 26.4 Å². The summed E-state index contributed by atoms with van der Waals surface area (Å²) in [6, 6.07) is 14.3. The van der Waals surface area contributed by atoms with Gasteiger partial charge in [0.25, 0.3) is 0 Å². The van der Waals surface area contributed by atoms with Crippen LogP contribution in [0.15, 0.2) is 60.4 Å². The first-order valence-electron chi connectivity index (χ1n) is 7.82. The molecule has 0 saturated carbocycles. The fraction of sp³-hybridized carbons (Fsp3) is 0.250. The third-order valence-electron chi connectivity index (χ3n) is 4.18. The summed E-state index contributed by atoms with van der Waals surface area (Å²) in [6.45, 7) is 8.20. The fourth-order valence-corrected chi connectivity index (χ4v) is 2.97. The van der Waals surface area contributed by atoms with Crippen molar-refractivity contribution in [2.75, 3.05) is 6.61 Å². The molecule has 3 rings (SSSR count). The molecule has 0 aliphatic carbocycles. The van der Waals surface area contributed by atoms with Crippen molar-refractivity contribution < 1.29 is 14.3 Å². The van der Waals surface area contributed by atoms with E-state index in [0.29, 0.717) is 24.4 Å². The molecule has 1 atom stereocenters. The smallest absolute Gasteiger partial charge is 0.337 e. The molecule has 0 fully saturated rings. The van der Waals surface area contributed by atoms with E-state index in [1.54, 1.807) is 6.92 Å². The van der Waals surface area contributed by atoms with Crippen LogP contribution in [0.4, 0.5) is 0 Å². The van der Waals surface area contributed by atoms with Crippen molar-refractivity contribution >= 4 is 22.3 Å². The summed E-state index contributed by atoms with van der Waals surface area (Å²) in [7, 11) is 0. The molecule has 3 heteroatoms. The molecule has 0 bridgehead atoms. The van der Waals surface area contributed by atoms with Crippen LogP contribution in [-0.4, -0.2) is 18.7 Å². The van der Waals surface area contributed by atoms with E-state index in [1.165, 1.54) is 5.39 Å². The van der Waals surface area contributed by atoms with E-state index in [0.717, 1.165) is 16.5 Å². The van der Waals surface area contributed by atoms with Gasteiger partial charge in [-0.15, -0.1) is 0 Å². The van der Waals surface area contributed by atoms with Gasteiger partial charge in [-0.25, -0.2) is 4.79 Å². The predicted octanol–water partition coefficient (Wildman–Crippen LogP) is 4.48. The summed E-state index contributed by atoms with van der Waals surface area (Å²) < 4.78 is 11.0. The highest BCUT2D eigenvalue weighted by Crippen LogP contribution is 2.35. The van der Waals surface area contributed by atoms with E-state index in [1.807, 2.05) is 31.2 Å². The molecule has 1 aliphatic rings. The van der Waals surface area contributed by atoms with Crippen LogP contribution in [0.5, 0.6) is 0 Å². The Morgan fingerprint density at radius 1 is 1.26 bits per heavy atom. The fourth-order valence-electron chi connectivity index (χ4n) is 2.97. The minimum Gasteiger partial charge on any atom is -0.489 e. The number of carbonyl (C=O) groups is 1. The van der Waals surface area contributed by atoms with Crippen LogP contribution in [0.2, 0.25) is 0 Å². The van der Waals surface area contributed by atoms with Crippen molar-refractivity contribution in [2.24, 2.45) is 0 Å². The van der Waals surface area contributed by atoms with Crippen LogP contribution in [0.3, 0.4) is 0 Å². The van der Waals surface area contributed by atoms with Gasteiger partial charge in [-0.2, -0.15) is 0 Å². The molecule has 0 saturated heterocycles. The molecular weight excluding hydrogens is 288 g/mol. The van der Waals surface area contributed by atoms with E-state index in [2.05, 4.69) is 24.8 Å². The first-order valence-corrected chi connectivity index (χ1v) is 7.82. The minimum absolute atomic E-state index is 0.222. The normalized spacial score (nSPS) is 17.2. The van der Waals surface area contributed by atoms with Crippen molar-refractivity contribution in [1.29, 1.82) is 0 Å². The highest BCUT2D eigenvalue weighted by atomic mass is 16.5. The molecule has 0 spiro atoms. The second-order valence-corrected chi connectivity index (χ2v) is 5.62. The predicted molar refractivity (Wildman–Crippen MR) is 91.8 cm³/mol. The molecule has 1 unspecified atom stereocenters. The van der Waals surface area contributed by atoms with Crippen LogP contribution in [0, 0.1) is 0 Å². The van der Waals surface area contributed by atoms with Gasteiger partial charge in [0.05, 0.1) is 12.2 Å². The van der Waals surface area contributed by atoms with Gasteiger partial charge >= 0.3 is 5.97 Å². The molecule has 1 heterocycles. The second-order valence-electron chi connectivity index (χ2n) is 5.62. The van der Waals surface area contributed by atoms with Crippen LogP contribution >= 0.6 is 0 Å². The van der Waals surface area contributed by atoms with Crippen molar-refractivity contribution in [3.8, 4) is 0 Å². The van der Waals surface area contributed by atoms with Crippen molar-refractivity contribution in [1.82, 2.24) is 0 Å². The number of rotatable bonds is 4. The number of benzene rings is 2. The van der Waals surface area contributed by atoms with Crippen molar-refractivity contribution in [3.05, 3.63) is 65.9 Å². The standard InChI is InChI=1S/C20H20O3/c1-4-22-20(21)18-12-19(23-14(18)3)13(2)16-11-7-9-15-8-5-6-10-17(15)16/h5-11,19H,2,4,12H2,1,3H3. The Kier molecular flexibility index (Phi) is 4.20. The highest BCUT2D eigenvalue weighted by Gasteiger charge is 2.31. The van der Waals surface area contributed by atoms with Gasteiger partial charge < -0.3 is 9.47 Å². The highest BCUT2D eigenvalue weighted by molar-refractivity contribution is 5.95. The van der Waals surface area contributed by atoms with E-state index in [4.69, 9.17) is 9.47 Å². The Hall–Kier alpha value is -2.55. The Morgan fingerprint density at radius 3 is 2.78 bits per heavy atom. The van der Waals surface area contributed by atoms with Crippen molar-refractivity contribution in [3.63, 3.8) is 0 Å². The quantitative estimate of drug-likeness (QED) is 0.781. The van der Waals surface area contributed by atoms with E-state index in [9.17, 15) is 4.79 Å². The maximum absolute atomic E-state index is 12.0. The summed E-state index contributed by atoms with van der Waals surface area (Å²) in [5, 5.41) is 2.31. The molecule has 2 aromatic carbocycles. The molecule has 3 nitrogen and oxygen atoms in total. The molecule has 118 valence electrons. The van der Waals surface area contributed by atoms with Crippen LogP contribution < -0.4 is 0 Å². The molecule has 0 amide bonds. The summed E-state index contributed by atoms with van der Waals surface area (Å²) in [4.78, 5) is 12.0. The van der Waals surface area contributed by atoms with E-state index in [-0.39, 0.29) is 12.1 Å². The molecule has 0 radical (unpaired) electrons. The lowest BCUT2D eigenvalue weighted by Crippen LogP contribution is -2.11. The lowest BCUT2D eigenvalue weighted by molar-refractivity contribution is -0.138. The molecule has 23 heavy (non-hydrogen) atoms. The zero-order chi connectivity index (χ0) is 16.4. The number of allylic oxidation sites excluding steroid dienone is 1. The Morgan fingerprint density at radius 2 is 2.00 bits per heavy atom. The third kappa shape index (κ3) is 2.87. The third-order valence-corrected chi connectivity index (χ3v) is 4.18. The van der Waals surface area contributed by atoms with Gasteiger partial charge in [0.2, 0.25) is 0 Å². The summed E-state index contributed by atoms with van der Waals surface area (Å²) in [6.07, 6.45) is 0.285. The minimum atomic E-state index is -0.293. The maximum atomic E-state index is 12.0. The van der Waals surface area contributed by atoms with E-state index >= 15 is 0 Å². The first-order chi connectivity index (χ1) is 11.1. The number of esters is 1. The molecule has 1 aliphatic heterocycles. The van der Waals surface area contributed by atoms with Crippen LogP contribution in [0.25, 0.3) is 16.3 Å². The Balaban J connectivity index is 1.86. The zero-order valence-electron chi connectivity index (χ0n) is 13.5. The topological polar surface area (TPSA) is 35.5 Å². The molecule has 2 aromatic rings. The molecular formula is C20H20O3. The van der Waals surface area contributed by atoms with Gasteiger partial charge in [-0.05, 0) is 35.8 Å². The number of hydrogen-bond acceptors (Lipinski definition) is 3. The summed E-state index contributed by atoms with van der Waals surface area (Å²) in [5.41, 5.74) is 2.56. The Labute approximate surface area is 136 Å². The van der Waals surface area contributed by atoms with Gasteiger partial charge in [0, 0.05) is 6.42 Å². The van der Waals surface area contributed by atoms with Gasteiger partial charge in [0.1, 0.15) is 11.9 Å². The largest absolute Gasteiger partial charge is 0.489 e. The summed E-state index contributed by atoms with van der Waals surface area (Å²) >= 11 is 0. The van der Waals surface area contributed by atoms with E-state index < -0.39 is 0 Å². The Bertz CT molecular complexity index is 796. The lowest BCUT2D eigenvalue weighted by Gasteiger charge is -2.17. The van der Waals surface area contributed by atoms with Gasteiger partial charge in [0.15, 0.2) is 0 Å². The second kappa shape index (κ2) is 6.29. The lowest BCUT2D eigenvalue weighted by atomic mass is 9.94. The van der Waals surface area contributed by atoms with Crippen LogP contribution in [0.1, 0.15) is 25.8 Å². The SMILES string of the molecule is C=C(c1cccc2ccccc12)C1CC(C(=O)OCC)=C(C)O1. The monoisotopic (exact) mass is 308 g/mol. The summed E-state index contributed by atoms with van der Waals surface area (Å²) in [5.74, 6) is 0.341. The average Bonchev–Trinajstić information content (AvgIpc) is 2.96. The van der Waals surface area contributed by atoms with Gasteiger partial charge in [-0.1, -0.05) is 49.0 Å². The number of carbonyl (C=O) groups excluding carboxylic acids is 1.